The van der Waals surface area contributed by atoms with Gasteiger partial charge in [0.25, 0.3) is 5.91 Å². The number of amides is 2. The van der Waals surface area contributed by atoms with Crippen molar-refractivity contribution in [3.63, 3.8) is 0 Å². The zero-order valence-corrected chi connectivity index (χ0v) is 17.2. The van der Waals surface area contributed by atoms with E-state index in [0.29, 0.717) is 42.6 Å². The van der Waals surface area contributed by atoms with E-state index in [1.54, 1.807) is 29.5 Å². The lowest BCUT2D eigenvalue weighted by molar-refractivity contribution is -0.130. The van der Waals surface area contributed by atoms with Gasteiger partial charge in [0, 0.05) is 50.8 Å². The van der Waals surface area contributed by atoms with Crippen molar-refractivity contribution in [2.24, 2.45) is 0 Å². The van der Waals surface area contributed by atoms with Crippen LogP contribution < -0.4 is 5.32 Å². The lowest BCUT2D eigenvalue weighted by Crippen LogP contribution is -2.38. The van der Waals surface area contributed by atoms with E-state index in [1.807, 2.05) is 4.90 Å². The number of likely N-dealkylation sites (tertiary alicyclic amines) is 1. The van der Waals surface area contributed by atoms with Gasteiger partial charge in [-0.3, -0.25) is 9.59 Å². The first-order valence-corrected chi connectivity index (χ1v) is 10.5. The van der Waals surface area contributed by atoms with Gasteiger partial charge in [-0.15, -0.1) is 11.3 Å². The number of hydrogen-bond donors (Lipinski definition) is 1. The third-order valence-corrected chi connectivity index (χ3v) is 5.48. The van der Waals surface area contributed by atoms with E-state index >= 15 is 0 Å². The largest absolute Gasteiger partial charge is 0.383 e. The Morgan fingerprint density at radius 3 is 2.66 bits per heavy atom. The minimum atomic E-state index is -0.317. The lowest BCUT2D eigenvalue weighted by atomic mass is 10.3. The highest BCUT2D eigenvalue weighted by Gasteiger charge is 2.22. The fourth-order valence-electron chi connectivity index (χ4n) is 3.12. The summed E-state index contributed by atoms with van der Waals surface area (Å²) in [6.45, 7) is 2.70. The molecule has 2 heterocycles. The van der Waals surface area contributed by atoms with Gasteiger partial charge in [-0.2, -0.15) is 0 Å². The van der Waals surface area contributed by atoms with Crippen LogP contribution in [0.4, 0.5) is 15.2 Å². The van der Waals surface area contributed by atoms with E-state index in [-0.39, 0.29) is 17.6 Å². The molecule has 1 saturated heterocycles. The summed E-state index contributed by atoms with van der Waals surface area (Å²) in [5.41, 5.74) is 0.997. The van der Waals surface area contributed by atoms with E-state index in [1.165, 1.54) is 23.5 Å². The number of methoxy groups -OCH3 is 1. The molecule has 0 unspecified atom stereocenters. The molecule has 0 aliphatic carbocycles. The van der Waals surface area contributed by atoms with Crippen LogP contribution >= 0.6 is 11.3 Å². The molecule has 0 spiro atoms. The van der Waals surface area contributed by atoms with Crippen molar-refractivity contribution in [2.75, 3.05) is 45.2 Å². The van der Waals surface area contributed by atoms with Gasteiger partial charge in [0.1, 0.15) is 11.5 Å². The number of aromatic nitrogens is 1. The number of thiazole rings is 1. The highest BCUT2D eigenvalue weighted by molar-refractivity contribution is 7.14. The molecule has 1 aliphatic rings. The summed E-state index contributed by atoms with van der Waals surface area (Å²) in [6, 6.07) is 5.91. The second-order valence-corrected chi connectivity index (χ2v) is 7.65. The van der Waals surface area contributed by atoms with Crippen LogP contribution in [0.1, 0.15) is 29.8 Å². The Morgan fingerprint density at radius 1 is 1.24 bits per heavy atom. The van der Waals surface area contributed by atoms with Crippen LogP contribution in [-0.4, -0.2) is 66.5 Å². The van der Waals surface area contributed by atoms with Gasteiger partial charge in [0.05, 0.1) is 6.61 Å². The smallest absolute Gasteiger partial charge is 0.273 e. The molecular weight excluding hydrogens is 395 g/mol. The normalized spacial score (nSPS) is 13.5. The monoisotopic (exact) mass is 420 g/mol. The highest BCUT2D eigenvalue weighted by Crippen LogP contribution is 2.22. The molecule has 3 rings (SSSR count). The minimum Gasteiger partial charge on any atom is -0.383 e. The molecule has 1 aromatic heterocycles. The molecule has 2 amide bonds. The number of benzene rings is 1. The van der Waals surface area contributed by atoms with Gasteiger partial charge in [0.15, 0.2) is 5.13 Å². The second-order valence-electron chi connectivity index (χ2n) is 6.79. The van der Waals surface area contributed by atoms with Gasteiger partial charge < -0.3 is 19.9 Å². The number of halogens is 1. The molecule has 29 heavy (non-hydrogen) atoms. The first-order valence-electron chi connectivity index (χ1n) is 9.61. The molecule has 0 saturated carbocycles. The summed E-state index contributed by atoms with van der Waals surface area (Å²) in [7, 11) is 1.58. The molecule has 1 aliphatic heterocycles. The van der Waals surface area contributed by atoms with E-state index in [4.69, 9.17) is 4.74 Å². The van der Waals surface area contributed by atoms with Gasteiger partial charge in [0.2, 0.25) is 5.91 Å². The lowest BCUT2D eigenvalue weighted by Gasteiger charge is -2.23. The second kappa shape index (κ2) is 10.3. The average Bonchev–Trinajstić information content (AvgIpc) is 3.41. The van der Waals surface area contributed by atoms with Gasteiger partial charge in [-0.1, -0.05) is 0 Å². The van der Waals surface area contributed by atoms with E-state index in [2.05, 4.69) is 10.3 Å². The number of anilines is 2. The maximum atomic E-state index is 13.0. The van der Waals surface area contributed by atoms with Crippen LogP contribution in [-0.2, 0) is 9.53 Å². The Labute approximate surface area is 173 Å². The molecule has 1 fully saturated rings. The number of nitrogens with zero attached hydrogens (tertiary/aromatic N) is 3. The zero-order chi connectivity index (χ0) is 20.6. The number of hydrogen-bond acceptors (Lipinski definition) is 6. The Morgan fingerprint density at radius 2 is 1.97 bits per heavy atom. The SMILES string of the molecule is COCCN(CCC(=O)N1CCCC1)C(=O)c1csc(Nc2ccc(F)cc2)n1. The Hall–Kier alpha value is -2.52. The first-order chi connectivity index (χ1) is 14.1. The van der Waals surface area contributed by atoms with Crippen LogP contribution in [0.2, 0.25) is 0 Å². The van der Waals surface area contributed by atoms with Crippen molar-refractivity contribution < 1.29 is 18.7 Å². The first kappa shape index (κ1) is 21.2. The summed E-state index contributed by atoms with van der Waals surface area (Å²) in [5.74, 6) is -0.475. The Kier molecular flexibility index (Phi) is 7.54. The van der Waals surface area contributed by atoms with Crippen molar-refractivity contribution in [1.29, 1.82) is 0 Å². The fourth-order valence-corrected chi connectivity index (χ4v) is 3.82. The zero-order valence-electron chi connectivity index (χ0n) is 16.4. The predicted molar refractivity (Wildman–Crippen MR) is 110 cm³/mol. The molecule has 7 nitrogen and oxygen atoms in total. The fraction of sp³-hybridized carbons (Fsp3) is 0.450. The molecule has 156 valence electrons. The van der Waals surface area contributed by atoms with Crippen molar-refractivity contribution in [3.8, 4) is 0 Å². The standard InChI is InChI=1S/C20H25FN4O3S/c1-28-13-12-25(11-8-18(26)24-9-2-3-10-24)19(27)17-14-29-20(23-17)22-16-6-4-15(21)5-7-16/h4-7,14H,2-3,8-13H2,1H3,(H,22,23). The van der Waals surface area contributed by atoms with E-state index in [9.17, 15) is 14.0 Å². The van der Waals surface area contributed by atoms with Crippen LogP contribution in [0, 0.1) is 5.82 Å². The molecule has 1 aromatic carbocycles. The van der Waals surface area contributed by atoms with Crippen molar-refractivity contribution >= 4 is 34.0 Å². The molecule has 0 atom stereocenters. The van der Waals surface area contributed by atoms with Crippen LogP contribution in [0.3, 0.4) is 0 Å². The van der Waals surface area contributed by atoms with Crippen LogP contribution in [0.5, 0.6) is 0 Å². The average molecular weight is 421 g/mol. The van der Waals surface area contributed by atoms with Crippen molar-refractivity contribution in [3.05, 3.63) is 41.2 Å². The maximum absolute atomic E-state index is 13.0. The van der Waals surface area contributed by atoms with Crippen molar-refractivity contribution in [2.45, 2.75) is 19.3 Å². The van der Waals surface area contributed by atoms with E-state index in [0.717, 1.165) is 25.9 Å². The Bertz CT molecular complexity index is 821. The number of nitrogens with one attached hydrogen (secondary N) is 1. The quantitative estimate of drug-likeness (QED) is 0.675. The highest BCUT2D eigenvalue weighted by atomic mass is 32.1. The Balaban J connectivity index is 1.61. The number of ether oxygens (including phenoxy) is 1. The van der Waals surface area contributed by atoms with Gasteiger partial charge >= 0.3 is 0 Å². The van der Waals surface area contributed by atoms with Crippen LogP contribution in [0.25, 0.3) is 0 Å². The van der Waals surface area contributed by atoms with Gasteiger partial charge in [-0.25, -0.2) is 9.37 Å². The summed E-state index contributed by atoms with van der Waals surface area (Å²) >= 11 is 1.29. The molecule has 0 radical (unpaired) electrons. The maximum Gasteiger partial charge on any atom is 0.273 e. The molecule has 2 aromatic rings. The number of carbonyl (C=O) groups is 2. The predicted octanol–water partition coefficient (Wildman–Crippen LogP) is 3.13. The summed E-state index contributed by atoms with van der Waals surface area (Å²) < 4.78 is 18.1. The summed E-state index contributed by atoms with van der Waals surface area (Å²) in [5, 5.41) is 5.28. The summed E-state index contributed by atoms with van der Waals surface area (Å²) in [4.78, 5) is 33.0. The van der Waals surface area contributed by atoms with E-state index < -0.39 is 0 Å². The molecule has 0 bridgehead atoms. The summed E-state index contributed by atoms with van der Waals surface area (Å²) in [6.07, 6.45) is 2.38. The van der Waals surface area contributed by atoms with Crippen molar-refractivity contribution in [1.82, 2.24) is 14.8 Å². The topological polar surface area (TPSA) is 74.8 Å². The number of carbonyl (C=O) groups excluding carboxylic acids is 2. The third kappa shape index (κ3) is 5.98. The molecular formula is C20H25FN4O3S. The number of rotatable bonds is 9. The molecule has 1 N–H and O–H groups in total. The van der Waals surface area contributed by atoms with Crippen LogP contribution in [0.15, 0.2) is 29.6 Å². The third-order valence-electron chi connectivity index (χ3n) is 4.73. The minimum absolute atomic E-state index is 0.0784. The molecule has 9 heteroatoms. The van der Waals surface area contributed by atoms with Gasteiger partial charge in [-0.05, 0) is 37.1 Å².